The van der Waals surface area contributed by atoms with Gasteiger partial charge in [-0.3, -0.25) is 9.59 Å². The van der Waals surface area contributed by atoms with E-state index in [0.29, 0.717) is 16.9 Å². The molecule has 0 atom stereocenters. The monoisotopic (exact) mass is 283 g/mol. The molecule has 0 fully saturated rings. The molecule has 4 heteroatoms. The summed E-state index contributed by atoms with van der Waals surface area (Å²) in [5.41, 5.74) is 2.02. The largest absolute Gasteiger partial charge is 0.485 e. The number of benzene rings is 2. The van der Waals surface area contributed by atoms with Crippen molar-refractivity contribution >= 4 is 11.7 Å². The number of rotatable bonds is 5. The lowest BCUT2D eigenvalue weighted by molar-refractivity contribution is 0.0921. The summed E-state index contributed by atoms with van der Waals surface area (Å²) in [5.74, 6) is 0.231. The number of ether oxygens (including phenoxy) is 1. The Kier molecular flexibility index (Phi) is 4.72. The highest BCUT2D eigenvalue weighted by atomic mass is 16.5. The molecule has 1 amide bonds. The molecule has 0 saturated carbocycles. The lowest BCUT2D eigenvalue weighted by Crippen LogP contribution is -2.18. The van der Waals surface area contributed by atoms with E-state index in [4.69, 9.17) is 4.74 Å². The molecular formula is C17H17NO3. The maximum absolute atomic E-state index is 12.0. The van der Waals surface area contributed by atoms with Crippen molar-refractivity contribution in [1.29, 1.82) is 0 Å². The van der Waals surface area contributed by atoms with E-state index in [1.807, 2.05) is 25.1 Å². The molecule has 0 aliphatic carbocycles. The Labute approximate surface area is 123 Å². The third-order valence-corrected chi connectivity index (χ3v) is 3.01. The highest BCUT2D eigenvalue weighted by molar-refractivity contribution is 5.97. The summed E-state index contributed by atoms with van der Waals surface area (Å²) in [4.78, 5) is 23.6. The first-order valence-electron chi connectivity index (χ1n) is 6.65. The van der Waals surface area contributed by atoms with Crippen molar-refractivity contribution < 1.29 is 14.3 Å². The van der Waals surface area contributed by atoms with Crippen molar-refractivity contribution in [3.63, 3.8) is 0 Å². The number of carbonyl (C=O) groups excluding carboxylic acids is 2. The molecule has 0 aliphatic rings. The van der Waals surface area contributed by atoms with E-state index < -0.39 is 0 Å². The summed E-state index contributed by atoms with van der Waals surface area (Å²) in [5, 5.41) is 2.56. The van der Waals surface area contributed by atoms with Gasteiger partial charge in [-0.1, -0.05) is 30.3 Å². The zero-order chi connectivity index (χ0) is 15.2. The summed E-state index contributed by atoms with van der Waals surface area (Å²) in [6.45, 7) is 1.82. The number of aryl methyl sites for hydroxylation is 1. The van der Waals surface area contributed by atoms with Crippen LogP contribution in [0.25, 0.3) is 0 Å². The normalized spacial score (nSPS) is 10.0. The minimum absolute atomic E-state index is 0.0549. The van der Waals surface area contributed by atoms with E-state index in [9.17, 15) is 9.59 Å². The molecule has 4 nitrogen and oxygen atoms in total. The van der Waals surface area contributed by atoms with Crippen LogP contribution >= 0.6 is 0 Å². The number of Topliss-reactive ketones (excluding diaryl/α,β-unsaturated/α-hetero) is 1. The number of hydrogen-bond acceptors (Lipinski definition) is 3. The van der Waals surface area contributed by atoms with Crippen LogP contribution in [0.2, 0.25) is 0 Å². The smallest absolute Gasteiger partial charge is 0.251 e. The van der Waals surface area contributed by atoms with Gasteiger partial charge >= 0.3 is 0 Å². The van der Waals surface area contributed by atoms with Crippen molar-refractivity contribution in [1.82, 2.24) is 5.32 Å². The number of hydrogen-bond donors (Lipinski definition) is 1. The summed E-state index contributed by atoms with van der Waals surface area (Å²) >= 11 is 0. The maximum atomic E-state index is 12.0. The fraction of sp³-hybridized carbons (Fsp3) is 0.176. The molecule has 0 saturated heterocycles. The Morgan fingerprint density at radius 1 is 1.05 bits per heavy atom. The summed E-state index contributed by atoms with van der Waals surface area (Å²) in [6, 6.07) is 14.2. The third kappa shape index (κ3) is 3.92. The molecule has 2 aromatic carbocycles. The molecule has 0 aromatic heterocycles. The second kappa shape index (κ2) is 6.70. The van der Waals surface area contributed by atoms with Crippen LogP contribution in [0.15, 0.2) is 48.5 Å². The van der Waals surface area contributed by atoms with E-state index in [0.717, 1.165) is 5.56 Å². The summed E-state index contributed by atoms with van der Waals surface area (Å²) < 4.78 is 5.51. The van der Waals surface area contributed by atoms with Gasteiger partial charge in [0.25, 0.3) is 5.91 Å². The molecule has 0 bridgehead atoms. The number of amides is 1. The van der Waals surface area contributed by atoms with Crippen molar-refractivity contribution in [3.05, 3.63) is 65.2 Å². The van der Waals surface area contributed by atoms with Crippen LogP contribution in [-0.4, -0.2) is 25.3 Å². The topological polar surface area (TPSA) is 55.4 Å². The maximum Gasteiger partial charge on any atom is 0.251 e. The van der Waals surface area contributed by atoms with Crippen LogP contribution in [0.5, 0.6) is 5.75 Å². The zero-order valence-electron chi connectivity index (χ0n) is 12.1. The van der Waals surface area contributed by atoms with Crippen molar-refractivity contribution in [2.45, 2.75) is 6.92 Å². The molecule has 108 valence electrons. The quantitative estimate of drug-likeness (QED) is 0.858. The van der Waals surface area contributed by atoms with Crippen molar-refractivity contribution in [2.24, 2.45) is 0 Å². The fourth-order valence-corrected chi connectivity index (χ4v) is 1.96. The molecule has 0 unspecified atom stereocenters. The number of nitrogens with one attached hydrogen (secondary N) is 1. The van der Waals surface area contributed by atoms with Crippen LogP contribution in [0.3, 0.4) is 0 Å². The number of carbonyl (C=O) groups is 2. The minimum atomic E-state index is -0.182. The van der Waals surface area contributed by atoms with E-state index >= 15 is 0 Å². The highest BCUT2D eigenvalue weighted by Crippen LogP contribution is 2.17. The lowest BCUT2D eigenvalue weighted by atomic mass is 10.1. The van der Waals surface area contributed by atoms with Crippen LogP contribution in [-0.2, 0) is 0 Å². The first-order chi connectivity index (χ1) is 10.1. The van der Waals surface area contributed by atoms with Gasteiger partial charge in [0, 0.05) is 18.2 Å². The first kappa shape index (κ1) is 14.8. The molecule has 2 aromatic rings. The summed E-state index contributed by atoms with van der Waals surface area (Å²) in [6.07, 6.45) is 0. The van der Waals surface area contributed by atoms with Crippen molar-refractivity contribution in [2.75, 3.05) is 13.7 Å². The highest BCUT2D eigenvalue weighted by Gasteiger charge is 2.09. The Morgan fingerprint density at radius 3 is 2.43 bits per heavy atom. The minimum Gasteiger partial charge on any atom is -0.485 e. The molecule has 0 aliphatic heterocycles. The van der Waals surface area contributed by atoms with Gasteiger partial charge in [0.15, 0.2) is 12.4 Å². The van der Waals surface area contributed by atoms with Gasteiger partial charge in [-0.15, -0.1) is 0 Å². The Hall–Kier alpha value is -2.62. The SMILES string of the molecule is CNC(=O)c1cc(C)cc(OCC(=O)c2ccccc2)c1. The average Bonchev–Trinajstić information content (AvgIpc) is 2.52. The van der Waals surface area contributed by atoms with Crippen molar-refractivity contribution in [3.8, 4) is 5.75 Å². The third-order valence-electron chi connectivity index (χ3n) is 3.01. The standard InChI is InChI=1S/C17H17NO3/c1-12-8-14(17(20)18-2)10-15(9-12)21-11-16(19)13-6-4-3-5-7-13/h3-10H,11H2,1-2H3,(H,18,20). The zero-order valence-corrected chi connectivity index (χ0v) is 12.1. The van der Waals surface area contributed by atoms with E-state index in [-0.39, 0.29) is 18.3 Å². The lowest BCUT2D eigenvalue weighted by Gasteiger charge is -2.09. The molecule has 2 rings (SSSR count). The van der Waals surface area contributed by atoms with Gasteiger partial charge < -0.3 is 10.1 Å². The molecule has 21 heavy (non-hydrogen) atoms. The second-order valence-electron chi connectivity index (χ2n) is 4.69. The molecular weight excluding hydrogens is 266 g/mol. The Balaban J connectivity index is 2.08. The van der Waals surface area contributed by atoms with Gasteiger partial charge in [-0.25, -0.2) is 0 Å². The predicted octanol–water partition coefficient (Wildman–Crippen LogP) is 2.62. The Bertz CT molecular complexity index is 650. The second-order valence-corrected chi connectivity index (χ2v) is 4.69. The van der Waals surface area contributed by atoms with Gasteiger partial charge in [0.1, 0.15) is 5.75 Å². The Morgan fingerprint density at radius 2 is 1.76 bits per heavy atom. The van der Waals surface area contributed by atoms with Crippen LogP contribution in [0.1, 0.15) is 26.3 Å². The molecule has 1 N–H and O–H groups in total. The van der Waals surface area contributed by atoms with Crippen LogP contribution in [0, 0.1) is 6.92 Å². The number of ketones is 1. The molecule has 0 spiro atoms. The van der Waals surface area contributed by atoms with E-state index in [1.54, 1.807) is 37.4 Å². The fourth-order valence-electron chi connectivity index (χ4n) is 1.96. The van der Waals surface area contributed by atoms with E-state index in [1.165, 1.54) is 0 Å². The van der Waals surface area contributed by atoms with Gasteiger partial charge in [0.2, 0.25) is 0 Å². The van der Waals surface area contributed by atoms with Gasteiger partial charge in [0.05, 0.1) is 0 Å². The first-order valence-corrected chi connectivity index (χ1v) is 6.65. The van der Waals surface area contributed by atoms with E-state index in [2.05, 4.69) is 5.32 Å². The van der Waals surface area contributed by atoms with Gasteiger partial charge in [-0.05, 0) is 30.7 Å². The predicted molar refractivity (Wildman–Crippen MR) is 80.8 cm³/mol. The van der Waals surface area contributed by atoms with Crippen LogP contribution in [0.4, 0.5) is 0 Å². The van der Waals surface area contributed by atoms with Gasteiger partial charge in [-0.2, -0.15) is 0 Å². The van der Waals surface area contributed by atoms with Crippen LogP contribution < -0.4 is 10.1 Å². The molecule has 0 heterocycles. The average molecular weight is 283 g/mol. The summed E-state index contributed by atoms with van der Waals surface area (Å²) in [7, 11) is 1.57. The molecule has 0 radical (unpaired) electrons.